The van der Waals surface area contributed by atoms with Gasteiger partial charge in [-0.3, -0.25) is 9.69 Å². The third-order valence-electron chi connectivity index (χ3n) is 4.39. The van der Waals surface area contributed by atoms with E-state index in [0.29, 0.717) is 26.9 Å². The van der Waals surface area contributed by atoms with Crippen molar-refractivity contribution in [3.05, 3.63) is 75.3 Å². The summed E-state index contributed by atoms with van der Waals surface area (Å²) in [5.74, 6) is -1.87. The third kappa shape index (κ3) is 3.74. The standard InChI is InChI=1S/C20H16Cl2N2O4/c1-24-17(12-5-9-14(22)10-6-12)15(18(25)19(26)28-2)16(23-20(24)27)11-3-7-13(21)8-4-11/h3-10,16H,1-2H3,(H,23,27)/t16-/m1/s1. The second-order valence-electron chi connectivity index (χ2n) is 6.08. The number of urea groups is 1. The summed E-state index contributed by atoms with van der Waals surface area (Å²) in [5, 5.41) is 3.76. The highest BCUT2D eigenvalue weighted by Gasteiger charge is 2.39. The Hall–Kier alpha value is -2.83. The number of nitrogens with zero attached hydrogens (tertiary/aromatic N) is 1. The van der Waals surface area contributed by atoms with E-state index in [4.69, 9.17) is 23.2 Å². The molecular formula is C20H16Cl2N2O4. The van der Waals surface area contributed by atoms with E-state index < -0.39 is 23.8 Å². The van der Waals surface area contributed by atoms with Crippen LogP contribution >= 0.6 is 23.2 Å². The van der Waals surface area contributed by atoms with Gasteiger partial charge in [0.1, 0.15) is 0 Å². The summed E-state index contributed by atoms with van der Waals surface area (Å²) < 4.78 is 4.64. The van der Waals surface area contributed by atoms with Crippen LogP contribution in [0.4, 0.5) is 4.79 Å². The minimum atomic E-state index is -1.02. The van der Waals surface area contributed by atoms with Crippen LogP contribution in [0, 0.1) is 0 Å². The van der Waals surface area contributed by atoms with E-state index in [1.807, 2.05) is 0 Å². The average molecular weight is 419 g/mol. The number of ketones is 1. The number of carbonyl (C=O) groups is 3. The maximum atomic E-state index is 12.9. The maximum Gasteiger partial charge on any atom is 0.379 e. The number of nitrogens with one attached hydrogen (secondary N) is 1. The van der Waals surface area contributed by atoms with Crippen molar-refractivity contribution in [2.45, 2.75) is 6.04 Å². The van der Waals surface area contributed by atoms with Gasteiger partial charge in [-0.05, 0) is 35.4 Å². The van der Waals surface area contributed by atoms with Crippen LogP contribution in [0.2, 0.25) is 10.0 Å². The molecule has 0 spiro atoms. The lowest BCUT2D eigenvalue weighted by molar-refractivity contribution is -0.150. The van der Waals surface area contributed by atoms with Gasteiger partial charge >= 0.3 is 12.0 Å². The van der Waals surface area contributed by atoms with Crippen LogP contribution in [-0.2, 0) is 14.3 Å². The van der Waals surface area contributed by atoms with Crippen molar-refractivity contribution in [2.75, 3.05) is 14.2 Å². The Morgan fingerprint density at radius 1 is 1.00 bits per heavy atom. The predicted molar refractivity (Wildman–Crippen MR) is 106 cm³/mol. The van der Waals surface area contributed by atoms with Crippen LogP contribution in [0.25, 0.3) is 5.70 Å². The van der Waals surface area contributed by atoms with Crippen LogP contribution in [0.3, 0.4) is 0 Å². The van der Waals surface area contributed by atoms with Gasteiger partial charge in [-0.2, -0.15) is 0 Å². The smallest absolute Gasteiger partial charge is 0.379 e. The highest BCUT2D eigenvalue weighted by Crippen LogP contribution is 2.36. The molecule has 0 fully saturated rings. The minimum Gasteiger partial charge on any atom is -0.463 e. The predicted octanol–water partition coefficient (Wildman–Crippen LogP) is 3.84. The molecule has 1 aliphatic heterocycles. The Labute approximate surface area is 171 Å². The largest absolute Gasteiger partial charge is 0.463 e. The zero-order chi connectivity index (χ0) is 20.4. The van der Waals surface area contributed by atoms with Crippen molar-refractivity contribution in [3.8, 4) is 0 Å². The molecule has 3 rings (SSSR count). The summed E-state index contributed by atoms with van der Waals surface area (Å²) in [7, 11) is 2.65. The number of ether oxygens (including phenoxy) is 1. The van der Waals surface area contributed by atoms with Crippen molar-refractivity contribution < 1.29 is 19.1 Å². The Balaban J connectivity index is 2.27. The fourth-order valence-corrected chi connectivity index (χ4v) is 3.27. The highest BCUT2D eigenvalue weighted by atomic mass is 35.5. The number of methoxy groups -OCH3 is 1. The number of rotatable bonds is 4. The Morgan fingerprint density at radius 3 is 2.07 bits per heavy atom. The second-order valence-corrected chi connectivity index (χ2v) is 6.96. The number of benzene rings is 2. The van der Waals surface area contributed by atoms with Gasteiger partial charge in [0.15, 0.2) is 0 Å². The number of hydrogen-bond donors (Lipinski definition) is 1. The van der Waals surface area contributed by atoms with Gasteiger partial charge in [-0.25, -0.2) is 9.59 Å². The molecule has 0 aromatic heterocycles. The number of hydrogen-bond acceptors (Lipinski definition) is 4. The van der Waals surface area contributed by atoms with Gasteiger partial charge < -0.3 is 10.1 Å². The first-order valence-corrected chi connectivity index (χ1v) is 9.01. The Morgan fingerprint density at radius 2 is 1.54 bits per heavy atom. The van der Waals surface area contributed by atoms with Crippen molar-refractivity contribution in [1.82, 2.24) is 10.2 Å². The van der Waals surface area contributed by atoms with E-state index in [2.05, 4.69) is 10.1 Å². The van der Waals surface area contributed by atoms with Crippen LogP contribution in [0.1, 0.15) is 17.2 Å². The van der Waals surface area contributed by atoms with Gasteiger partial charge in [-0.15, -0.1) is 0 Å². The molecule has 2 aromatic carbocycles. The van der Waals surface area contributed by atoms with Crippen LogP contribution < -0.4 is 5.32 Å². The van der Waals surface area contributed by atoms with Crippen molar-refractivity contribution in [2.24, 2.45) is 0 Å². The monoisotopic (exact) mass is 418 g/mol. The zero-order valence-electron chi connectivity index (χ0n) is 15.0. The van der Waals surface area contributed by atoms with Crippen molar-refractivity contribution >= 4 is 46.7 Å². The maximum absolute atomic E-state index is 12.9. The zero-order valence-corrected chi connectivity index (χ0v) is 16.5. The summed E-state index contributed by atoms with van der Waals surface area (Å²) in [6, 6.07) is 12.0. The number of carbonyl (C=O) groups excluding carboxylic acids is 3. The molecule has 0 unspecified atom stereocenters. The molecule has 8 heteroatoms. The first-order valence-electron chi connectivity index (χ1n) is 8.26. The number of amides is 2. The van der Waals surface area contributed by atoms with Crippen LogP contribution in [-0.4, -0.2) is 36.8 Å². The Kier molecular flexibility index (Phi) is 5.72. The van der Waals surface area contributed by atoms with Gasteiger partial charge in [0, 0.05) is 17.1 Å². The normalized spacial score (nSPS) is 16.6. The highest BCUT2D eigenvalue weighted by molar-refractivity contribution is 6.42. The second kappa shape index (κ2) is 8.04. The van der Waals surface area contributed by atoms with Gasteiger partial charge in [0.2, 0.25) is 0 Å². The molecule has 2 aromatic rings. The molecule has 2 amide bonds. The van der Waals surface area contributed by atoms with Crippen LogP contribution in [0.15, 0.2) is 54.1 Å². The molecule has 0 saturated heterocycles. The lowest BCUT2D eigenvalue weighted by Gasteiger charge is -2.35. The molecule has 0 radical (unpaired) electrons. The fourth-order valence-electron chi connectivity index (χ4n) is 3.01. The number of esters is 1. The van der Waals surface area contributed by atoms with Crippen molar-refractivity contribution in [3.63, 3.8) is 0 Å². The Bertz CT molecular complexity index is 969. The molecule has 0 aliphatic carbocycles. The van der Waals surface area contributed by atoms with Gasteiger partial charge in [0.25, 0.3) is 5.78 Å². The summed E-state index contributed by atoms with van der Waals surface area (Å²) in [6.45, 7) is 0. The van der Waals surface area contributed by atoms with Crippen molar-refractivity contribution in [1.29, 1.82) is 0 Å². The lowest BCUT2D eigenvalue weighted by Crippen LogP contribution is -2.46. The summed E-state index contributed by atoms with van der Waals surface area (Å²) >= 11 is 11.9. The molecule has 1 atom stereocenters. The van der Waals surface area contributed by atoms with E-state index in [1.54, 1.807) is 48.5 Å². The first-order chi connectivity index (χ1) is 13.3. The summed E-state index contributed by atoms with van der Waals surface area (Å²) in [6.07, 6.45) is 0. The lowest BCUT2D eigenvalue weighted by atomic mass is 9.89. The van der Waals surface area contributed by atoms with Gasteiger partial charge in [-0.1, -0.05) is 47.5 Å². The van der Waals surface area contributed by atoms with E-state index >= 15 is 0 Å². The quantitative estimate of drug-likeness (QED) is 0.604. The molecule has 1 N–H and O–H groups in total. The topological polar surface area (TPSA) is 75.7 Å². The first kappa shape index (κ1) is 19.9. The SMILES string of the molecule is COC(=O)C(=O)C1=C(c2ccc(Cl)cc2)N(C)C(=O)N[C@@H]1c1ccc(Cl)cc1. The number of Topliss-reactive ketones (excluding diaryl/α,β-unsaturated/α-hetero) is 1. The van der Waals surface area contributed by atoms with E-state index in [-0.39, 0.29) is 5.57 Å². The fraction of sp³-hybridized carbons (Fsp3) is 0.150. The van der Waals surface area contributed by atoms with E-state index in [9.17, 15) is 14.4 Å². The van der Waals surface area contributed by atoms with Gasteiger partial charge in [0.05, 0.1) is 24.4 Å². The molecule has 1 heterocycles. The average Bonchev–Trinajstić information content (AvgIpc) is 2.70. The minimum absolute atomic E-state index is 0.0959. The van der Waals surface area contributed by atoms with Crippen LogP contribution in [0.5, 0.6) is 0 Å². The third-order valence-corrected chi connectivity index (χ3v) is 4.89. The molecule has 28 heavy (non-hydrogen) atoms. The molecule has 0 saturated carbocycles. The summed E-state index contributed by atoms with van der Waals surface area (Å²) in [4.78, 5) is 38.9. The summed E-state index contributed by atoms with van der Waals surface area (Å²) in [5.41, 5.74) is 1.56. The molecular weight excluding hydrogens is 403 g/mol. The van der Waals surface area contributed by atoms with E-state index in [1.165, 1.54) is 11.9 Å². The molecule has 1 aliphatic rings. The number of halogens is 2. The molecule has 6 nitrogen and oxygen atoms in total. The molecule has 0 bridgehead atoms. The molecule has 144 valence electrons. The van der Waals surface area contributed by atoms with E-state index in [0.717, 1.165) is 7.11 Å².